The molecule has 0 aliphatic heterocycles. The predicted molar refractivity (Wildman–Crippen MR) is 46.6 cm³/mol. The highest BCUT2D eigenvalue weighted by Crippen LogP contribution is 1.97. The second-order valence-electron chi connectivity index (χ2n) is 3.30. The number of rotatable bonds is 7. The van der Waals surface area contributed by atoms with E-state index in [9.17, 15) is 4.79 Å². The van der Waals surface area contributed by atoms with Crippen molar-refractivity contribution >= 4 is 5.78 Å². The molecule has 0 heterocycles. The van der Waals surface area contributed by atoms with Crippen LogP contribution in [0.4, 0.5) is 0 Å². The van der Waals surface area contributed by atoms with Gasteiger partial charge in [0.15, 0.2) is 5.78 Å². The second kappa shape index (κ2) is 6.86. The third kappa shape index (κ3) is 6.93. The molecule has 0 radical (unpaired) electrons. The van der Waals surface area contributed by atoms with Gasteiger partial charge in [-0.05, 0) is 6.92 Å². The van der Waals surface area contributed by atoms with Crippen LogP contribution < -0.4 is 0 Å². The first kappa shape index (κ1) is 13.5. The van der Waals surface area contributed by atoms with Crippen molar-refractivity contribution in [3.63, 3.8) is 0 Å². The molecule has 0 fully saturated rings. The molecule has 0 unspecified atom stereocenters. The molecule has 0 aliphatic rings. The second-order valence-corrected chi connectivity index (χ2v) is 3.30. The SMILES string of the molecule is CC(C)C(=O)COC[C@@H](C)ON(O)O. The average Bonchev–Trinajstić information content (AvgIpc) is 2.02. The van der Waals surface area contributed by atoms with Gasteiger partial charge in [-0.3, -0.25) is 15.2 Å². The molecular formula is C8H17NO5. The first-order chi connectivity index (χ1) is 6.43. The number of Topliss-reactive ketones (excluding diaryl/α,β-unsaturated/α-hetero) is 1. The van der Waals surface area contributed by atoms with Crippen LogP contribution in [0.1, 0.15) is 20.8 Å². The van der Waals surface area contributed by atoms with E-state index in [1.54, 1.807) is 20.8 Å². The zero-order chi connectivity index (χ0) is 11.1. The smallest absolute Gasteiger partial charge is 0.160 e. The van der Waals surface area contributed by atoms with Crippen LogP contribution in [0, 0.1) is 5.92 Å². The largest absolute Gasteiger partial charge is 0.371 e. The minimum absolute atomic E-state index is 0.00190. The summed E-state index contributed by atoms with van der Waals surface area (Å²) >= 11 is 0. The Labute approximate surface area is 82.9 Å². The molecule has 84 valence electrons. The fourth-order valence-corrected chi connectivity index (χ4v) is 0.684. The van der Waals surface area contributed by atoms with E-state index in [0.717, 1.165) is 0 Å². The fraction of sp³-hybridized carbons (Fsp3) is 0.875. The van der Waals surface area contributed by atoms with Gasteiger partial charge >= 0.3 is 0 Å². The van der Waals surface area contributed by atoms with E-state index in [1.807, 2.05) is 0 Å². The van der Waals surface area contributed by atoms with E-state index < -0.39 is 6.10 Å². The normalized spacial score (nSPS) is 13.6. The van der Waals surface area contributed by atoms with E-state index in [4.69, 9.17) is 15.2 Å². The van der Waals surface area contributed by atoms with Crippen molar-refractivity contribution in [1.82, 2.24) is 5.39 Å². The molecule has 2 N–H and O–H groups in total. The van der Waals surface area contributed by atoms with Gasteiger partial charge in [0, 0.05) is 5.92 Å². The van der Waals surface area contributed by atoms with Crippen molar-refractivity contribution < 1.29 is 24.8 Å². The summed E-state index contributed by atoms with van der Waals surface area (Å²) < 4.78 is 5.00. The lowest BCUT2D eigenvalue weighted by Gasteiger charge is -2.14. The highest BCUT2D eigenvalue weighted by atomic mass is 17.1. The van der Waals surface area contributed by atoms with Gasteiger partial charge in [-0.1, -0.05) is 13.8 Å². The molecule has 14 heavy (non-hydrogen) atoms. The lowest BCUT2D eigenvalue weighted by molar-refractivity contribution is -0.504. The summed E-state index contributed by atoms with van der Waals surface area (Å²) in [6.07, 6.45) is -0.523. The van der Waals surface area contributed by atoms with Crippen LogP contribution in [0.25, 0.3) is 0 Å². The highest BCUT2D eigenvalue weighted by Gasteiger charge is 2.10. The third-order valence-electron chi connectivity index (χ3n) is 1.52. The zero-order valence-electron chi connectivity index (χ0n) is 8.64. The molecule has 1 atom stereocenters. The monoisotopic (exact) mass is 207 g/mol. The van der Waals surface area contributed by atoms with Crippen LogP contribution in [0.15, 0.2) is 0 Å². The molecule has 0 aromatic carbocycles. The summed E-state index contributed by atoms with van der Waals surface area (Å²) in [5.74, 6) is -0.0551. The van der Waals surface area contributed by atoms with E-state index in [2.05, 4.69) is 4.84 Å². The first-order valence-corrected chi connectivity index (χ1v) is 4.38. The van der Waals surface area contributed by atoms with E-state index in [1.165, 1.54) is 0 Å². The third-order valence-corrected chi connectivity index (χ3v) is 1.52. The molecule has 6 heteroatoms. The molecule has 0 saturated carbocycles. The van der Waals surface area contributed by atoms with Crippen LogP contribution in [-0.2, 0) is 14.4 Å². The average molecular weight is 207 g/mol. The van der Waals surface area contributed by atoms with Gasteiger partial charge in [-0.2, -0.15) is 0 Å². The van der Waals surface area contributed by atoms with Crippen molar-refractivity contribution in [2.45, 2.75) is 26.9 Å². The van der Waals surface area contributed by atoms with Crippen molar-refractivity contribution in [3.8, 4) is 0 Å². The number of carbonyl (C=O) groups excluding carboxylic acids is 1. The minimum atomic E-state index is -0.523. The molecule has 0 bridgehead atoms. The van der Waals surface area contributed by atoms with Crippen molar-refractivity contribution in [3.05, 3.63) is 0 Å². The molecule has 0 aliphatic carbocycles. The van der Waals surface area contributed by atoms with Gasteiger partial charge in [0.2, 0.25) is 0 Å². The Morgan fingerprint density at radius 1 is 1.36 bits per heavy atom. The Morgan fingerprint density at radius 3 is 2.36 bits per heavy atom. The predicted octanol–water partition coefficient (Wildman–Crippen LogP) is 0.629. The summed E-state index contributed by atoms with van der Waals surface area (Å²) in [5, 5.41) is 16.2. The van der Waals surface area contributed by atoms with E-state index in [-0.39, 0.29) is 30.3 Å². The van der Waals surface area contributed by atoms with E-state index in [0.29, 0.717) is 0 Å². The summed E-state index contributed by atoms with van der Waals surface area (Å²) in [6, 6.07) is 0. The van der Waals surface area contributed by atoms with Crippen LogP contribution >= 0.6 is 0 Å². The van der Waals surface area contributed by atoms with E-state index >= 15 is 0 Å². The van der Waals surface area contributed by atoms with Crippen molar-refractivity contribution in [2.24, 2.45) is 5.92 Å². The fourth-order valence-electron chi connectivity index (χ4n) is 0.684. The van der Waals surface area contributed by atoms with Gasteiger partial charge < -0.3 is 4.74 Å². The minimum Gasteiger partial charge on any atom is -0.371 e. The van der Waals surface area contributed by atoms with Gasteiger partial charge in [-0.15, -0.1) is 0 Å². The van der Waals surface area contributed by atoms with Gasteiger partial charge in [0.1, 0.15) is 12.7 Å². The summed E-state index contributed by atoms with van der Waals surface area (Å²) in [4.78, 5) is 15.5. The maximum Gasteiger partial charge on any atom is 0.160 e. The molecule has 0 aromatic heterocycles. The standard InChI is InChI=1S/C8H17NO5/c1-6(2)8(10)5-13-4-7(3)14-9(11)12/h6-7,11-12H,4-5H2,1-3H3/t7-/m1/s1. The Hall–Kier alpha value is -0.530. The summed E-state index contributed by atoms with van der Waals surface area (Å²) in [5.41, 5.74) is 0. The van der Waals surface area contributed by atoms with Crippen molar-refractivity contribution in [2.75, 3.05) is 13.2 Å². The lowest BCUT2D eigenvalue weighted by atomic mass is 10.1. The Morgan fingerprint density at radius 2 is 1.93 bits per heavy atom. The van der Waals surface area contributed by atoms with Gasteiger partial charge in [-0.25, -0.2) is 4.84 Å². The molecular weight excluding hydrogens is 190 g/mol. The van der Waals surface area contributed by atoms with Crippen LogP contribution in [0.3, 0.4) is 0 Å². The van der Waals surface area contributed by atoms with Gasteiger partial charge in [0.05, 0.1) is 12.0 Å². The van der Waals surface area contributed by atoms with Gasteiger partial charge in [0.25, 0.3) is 0 Å². The number of ketones is 1. The number of nitrogens with zero attached hydrogens (tertiary/aromatic N) is 1. The topological polar surface area (TPSA) is 79.2 Å². The maximum absolute atomic E-state index is 11.1. The molecule has 0 rings (SSSR count). The Bertz CT molecular complexity index is 171. The molecule has 0 spiro atoms. The van der Waals surface area contributed by atoms with Crippen LogP contribution in [0.5, 0.6) is 0 Å². The number of hydrogen-bond acceptors (Lipinski definition) is 6. The van der Waals surface area contributed by atoms with Crippen molar-refractivity contribution in [1.29, 1.82) is 0 Å². The maximum atomic E-state index is 11.1. The van der Waals surface area contributed by atoms with Crippen LogP contribution in [0.2, 0.25) is 0 Å². The summed E-state index contributed by atoms with van der Waals surface area (Å²) in [6.45, 7) is 5.29. The molecule has 0 aromatic rings. The van der Waals surface area contributed by atoms with Crippen LogP contribution in [-0.4, -0.2) is 40.9 Å². The zero-order valence-corrected chi connectivity index (χ0v) is 8.64. The quantitative estimate of drug-likeness (QED) is 0.596. The Balaban J connectivity index is 3.49. The molecule has 6 nitrogen and oxygen atoms in total. The molecule has 0 amide bonds. The Kier molecular flexibility index (Phi) is 6.60. The first-order valence-electron chi connectivity index (χ1n) is 4.38. The highest BCUT2D eigenvalue weighted by molar-refractivity contribution is 5.81. The lowest BCUT2D eigenvalue weighted by Crippen LogP contribution is -2.27. The summed E-state index contributed by atoms with van der Waals surface area (Å²) in [7, 11) is 0. The number of hydrogen-bond donors (Lipinski definition) is 2. The number of ether oxygens (including phenoxy) is 1. The molecule has 0 saturated heterocycles. The number of carbonyl (C=O) groups is 1.